The predicted molar refractivity (Wildman–Crippen MR) is 81.1 cm³/mol. The summed E-state index contributed by atoms with van der Waals surface area (Å²) in [7, 11) is 0. The minimum absolute atomic E-state index is 0.179. The van der Waals surface area contributed by atoms with Gasteiger partial charge in [0.2, 0.25) is 0 Å². The molecule has 0 saturated carbocycles. The Balaban J connectivity index is 2.56. The van der Waals surface area contributed by atoms with Crippen molar-refractivity contribution in [2.75, 3.05) is 6.61 Å². The van der Waals surface area contributed by atoms with Crippen molar-refractivity contribution in [3.63, 3.8) is 0 Å². The standard InChI is InChI=1S/C15H27N3O3/c1-11(2)20-8-7-18-10-16-9-13(18)12(3)17-14(19)21-15(4,5)6/h9-12H,7-8H2,1-6H3,(H,17,19)/t12-/m1/s1. The molecule has 1 rings (SSSR count). The molecule has 0 aliphatic carbocycles. The molecule has 1 heterocycles. The van der Waals surface area contributed by atoms with Gasteiger partial charge in [-0.05, 0) is 41.5 Å². The number of aromatic nitrogens is 2. The molecule has 6 heteroatoms. The van der Waals surface area contributed by atoms with Crippen LogP contribution in [0.5, 0.6) is 0 Å². The second-order valence-electron chi connectivity index (χ2n) is 6.30. The maximum absolute atomic E-state index is 11.8. The third-order valence-corrected chi connectivity index (χ3v) is 2.70. The number of nitrogens with one attached hydrogen (secondary N) is 1. The fourth-order valence-electron chi connectivity index (χ4n) is 1.82. The molecular weight excluding hydrogens is 270 g/mol. The van der Waals surface area contributed by atoms with Crippen LogP contribution in [0, 0.1) is 0 Å². The van der Waals surface area contributed by atoms with Gasteiger partial charge in [0.25, 0.3) is 0 Å². The number of hydrogen-bond acceptors (Lipinski definition) is 4. The van der Waals surface area contributed by atoms with Crippen molar-refractivity contribution in [2.45, 2.75) is 65.8 Å². The first-order valence-electron chi connectivity index (χ1n) is 7.30. The van der Waals surface area contributed by atoms with E-state index in [0.717, 1.165) is 5.69 Å². The lowest BCUT2D eigenvalue weighted by molar-refractivity contribution is 0.0505. The number of carbonyl (C=O) groups is 1. The highest BCUT2D eigenvalue weighted by Gasteiger charge is 2.19. The van der Waals surface area contributed by atoms with Gasteiger partial charge in [-0.2, -0.15) is 0 Å². The van der Waals surface area contributed by atoms with Gasteiger partial charge in [0.05, 0.1) is 37.0 Å². The average molecular weight is 297 g/mol. The number of ether oxygens (including phenoxy) is 2. The van der Waals surface area contributed by atoms with Crippen molar-refractivity contribution in [1.82, 2.24) is 14.9 Å². The van der Waals surface area contributed by atoms with Gasteiger partial charge in [-0.15, -0.1) is 0 Å². The topological polar surface area (TPSA) is 65.4 Å². The van der Waals surface area contributed by atoms with Crippen LogP contribution in [0.15, 0.2) is 12.5 Å². The molecule has 0 unspecified atom stereocenters. The zero-order valence-corrected chi connectivity index (χ0v) is 13.8. The van der Waals surface area contributed by atoms with Crippen LogP contribution in [-0.2, 0) is 16.0 Å². The van der Waals surface area contributed by atoms with Gasteiger partial charge in [-0.3, -0.25) is 0 Å². The van der Waals surface area contributed by atoms with Gasteiger partial charge in [-0.1, -0.05) is 0 Å². The average Bonchev–Trinajstić information content (AvgIpc) is 2.73. The Labute approximate surface area is 126 Å². The number of imidazole rings is 1. The monoisotopic (exact) mass is 297 g/mol. The maximum atomic E-state index is 11.8. The number of nitrogens with zero attached hydrogens (tertiary/aromatic N) is 2. The molecule has 6 nitrogen and oxygen atoms in total. The van der Waals surface area contributed by atoms with E-state index in [0.29, 0.717) is 13.2 Å². The quantitative estimate of drug-likeness (QED) is 0.877. The highest BCUT2D eigenvalue weighted by Crippen LogP contribution is 2.14. The summed E-state index contributed by atoms with van der Waals surface area (Å²) in [5.41, 5.74) is 0.419. The summed E-state index contributed by atoms with van der Waals surface area (Å²) in [6, 6.07) is -0.179. The molecule has 0 bridgehead atoms. The Hall–Kier alpha value is -1.56. The number of amides is 1. The molecule has 1 aromatic heterocycles. The van der Waals surface area contributed by atoms with E-state index >= 15 is 0 Å². The molecule has 0 saturated heterocycles. The maximum Gasteiger partial charge on any atom is 0.408 e. The second-order valence-corrected chi connectivity index (χ2v) is 6.30. The zero-order chi connectivity index (χ0) is 16.0. The van der Waals surface area contributed by atoms with Gasteiger partial charge < -0.3 is 19.4 Å². The summed E-state index contributed by atoms with van der Waals surface area (Å²) in [4.78, 5) is 15.9. The largest absolute Gasteiger partial charge is 0.444 e. The number of rotatable bonds is 6. The molecule has 0 aliphatic heterocycles. The molecule has 0 radical (unpaired) electrons. The van der Waals surface area contributed by atoms with Gasteiger partial charge in [0, 0.05) is 6.54 Å². The predicted octanol–water partition coefficient (Wildman–Crippen LogP) is 2.89. The summed E-state index contributed by atoms with van der Waals surface area (Å²) in [6.07, 6.45) is 3.26. The first kappa shape index (κ1) is 17.5. The van der Waals surface area contributed by atoms with E-state index in [-0.39, 0.29) is 12.1 Å². The number of alkyl carbamates (subject to hydrolysis) is 1. The van der Waals surface area contributed by atoms with E-state index in [4.69, 9.17) is 9.47 Å². The summed E-state index contributed by atoms with van der Waals surface area (Å²) in [6.45, 7) is 12.7. The van der Waals surface area contributed by atoms with Crippen LogP contribution in [0.3, 0.4) is 0 Å². The Bertz CT molecular complexity index is 449. The van der Waals surface area contributed by atoms with Crippen LogP contribution in [0.1, 0.15) is 53.3 Å². The first-order chi connectivity index (χ1) is 9.69. The highest BCUT2D eigenvalue weighted by molar-refractivity contribution is 5.68. The molecule has 0 spiro atoms. The summed E-state index contributed by atoms with van der Waals surface area (Å²) >= 11 is 0. The van der Waals surface area contributed by atoms with Crippen molar-refractivity contribution >= 4 is 6.09 Å². The molecule has 1 amide bonds. The molecular formula is C15H27N3O3. The Morgan fingerprint density at radius 1 is 1.38 bits per heavy atom. The van der Waals surface area contributed by atoms with Gasteiger partial charge >= 0.3 is 6.09 Å². The zero-order valence-electron chi connectivity index (χ0n) is 13.8. The van der Waals surface area contributed by atoms with Crippen molar-refractivity contribution in [3.05, 3.63) is 18.2 Å². The minimum atomic E-state index is -0.505. The van der Waals surface area contributed by atoms with Crippen LogP contribution in [0.2, 0.25) is 0 Å². The van der Waals surface area contributed by atoms with Crippen LogP contribution < -0.4 is 5.32 Å². The second kappa shape index (κ2) is 7.45. The van der Waals surface area contributed by atoms with E-state index in [9.17, 15) is 4.79 Å². The summed E-state index contributed by atoms with van der Waals surface area (Å²) in [5, 5.41) is 2.82. The minimum Gasteiger partial charge on any atom is -0.444 e. The first-order valence-corrected chi connectivity index (χ1v) is 7.30. The van der Waals surface area contributed by atoms with Crippen molar-refractivity contribution in [3.8, 4) is 0 Å². The molecule has 1 N–H and O–H groups in total. The molecule has 0 aromatic carbocycles. The molecule has 120 valence electrons. The lowest BCUT2D eigenvalue weighted by Crippen LogP contribution is -2.34. The summed E-state index contributed by atoms with van der Waals surface area (Å²) < 4.78 is 12.8. The number of hydrogen-bond donors (Lipinski definition) is 1. The Morgan fingerprint density at radius 3 is 2.62 bits per heavy atom. The number of carbonyl (C=O) groups excluding carboxylic acids is 1. The third kappa shape index (κ3) is 6.62. The van der Waals surface area contributed by atoms with E-state index in [1.807, 2.05) is 46.1 Å². The van der Waals surface area contributed by atoms with Gasteiger partial charge in [-0.25, -0.2) is 9.78 Å². The van der Waals surface area contributed by atoms with Crippen molar-refractivity contribution in [1.29, 1.82) is 0 Å². The van der Waals surface area contributed by atoms with Crippen LogP contribution in [0.25, 0.3) is 0 Å². The smallest absolute Gasteiger partial charge is 0.408 e. The normalized spacial score (nSPS) is 13.3. The van der Waals surface area contributed by atoms with E-state index in [1.54, 1.807) is 12.5 Å². The molecule has 0 fully saturated rings. The van der Waals surface area contributed by atoms with Gasteiger partial charge in [0.1, 0.15) is 5.60 Å². The van der Waals surface area contributed by atoms with Crippen LogP contribution >= 0.6 is 0 Å². The molecule has 1 atom stereocenters. The van der Waals surface area contributed by atoms with Crippen LogP contribution in [-0.4, -0.2) is 34.0 Å². The Morgan fingerprint density at radius 2 is 2.05 bits per heavy atom. The highest BCUT2D eigenvalue weighted by atomic mass is 16.6. The third-order valence-electron chi connectivity index (χ3n) is 2.70. The van der Waals surface area contributed by atoms with Gasteiger partial charge in [0.15, 0.2) is 0 Å². The van der Waals surface area contributed by atoms with E-state index < -0.39 is 11.7 Å². The van der Waals surface area contributed by atoms with Crippen molar-refractivity contribution in [2.24, 2.45) is 0 Å². The molecule has 1 aromatic rings. The molecule has 0 aliphatic rings. The fourth-order valence-corrected chi connectivity index (χ4v) is 1.82. The van der Waals surface area contributed by atoms with Crippen LogP contribution in [0.4, 0.5) is 4.79 Å². The Kier molecular flexibility index (Phi) is 6.20. The molecule has 21 heavy (non-hydrogen) atoms. The van der Waals surface area contributed by atoms with E-state index in [1.165, 1.54) is 0 Å². The van der Waals surface area contributed by atoms with Crippen molar-refractivity contribution < 1.29 is 14.3 Å². The van der Waals surface area contributed by atoms with E-state index in [2.05, 4.69) is 10.3 Å². The fraction of sp³-hybridized carbons (Fsp3) is 0.733. The SMILES string of the molecule is CC(C)OCCn1cncc1[C@@H](C)NC(=O)OC(C)(C)C. The summed E-state index contributed by atoms with van der Waals surface area (Å²) in [5.74, 6) is 0. The lowest BCUT2D eigenvalue weighted by Gasteiger charge is -2.22. The lowest BCUT2D eigenvalue weighted by atomic mass is 10.2.